The lowest BCUT2D eigenvalue weighted by Gasteiger charge is -2.31. The van der Waals surface area contributed by atoms with E-state index in [-0.39, 0.29) is 11.8 Å². The minimum Gasteiger partial charge on any atom is -0.305 e. The van der Waals surface area contributed by atoms with Gasteiger partial charge in [-0.25, -0.2) is 21.2 Å². The molecule has 4 rings (SSSR count). The summed E-state index contributed by atoms with van der Waals surface area (Å²) in [5.74, 6) is -1.60. The summed E-state index contributed by atoms with van der Waals surface area (Å²) < 4.78 is 65.6. The van der Waals surface area contributed by atoms with E-state index in [0.717, 1.165) is 30.9 Å². The Morgan fingerprint density at radius 1 is 1.10 bits per heavy atom. The van der Waals surface area contributed by atoms with Crippen LogP contribution < -0.4 is 5.32 Å². The van der Waals surface area contributed by atoms with Crippen molar-refractivity contribution >= 4 is 19.7 Å². The van der Waals surface area contributed by atoms with E-state index >= 15 is 0 Å². The Morgan fingerprint density at radius 2 is 1.86 bits per heavy atom. The van der Waals surface area contributed by atoms with Crippen molar-refractivity contribution < 1.29 is 21.2 Å². The summed E-state index contributed by atoms with van der Waals surface area (Å²) in [4.78, 5) is -0.421. The molecule has 1 N–H and O–H groups in total. The molecule has 0 bridgehead atoms. The standard InChI is InChI=1S/C21H24FNO4S2/c1-14-9-10-17(22)20(11-14)29(26,27)21-13-28(24,25)12-19(21)23-18-8-4-6-15-5-2-3-7-16(15)18/h2-3,5,7,9-11,18-19,21,23H,4,6,8,12-13H2,1H3/t18?,19-,21-/m0/s1. The van der Waals surface area contributed by atoms with Crippen molar-refractivity contribution in [1.29, 1.82) is 0 Å². The first kappa shape index (κ1) is 20.5. The Hall–Kier alpha value is -1.77. The zero-order chi connectivity index (χ0) is 20.8. The normalized spacial score (nSPS) is 26.2. The summed E-state index contributed by atoms with van der Waals surface area (Å²) in [7, 11) is -7.71. The number of nitrogens with one attached hydrogen (secondary N) is 1. The van der Waals surface area contributed by atoms with Gasteiger partial charge in [0, 0.05) is 12.1 Å². The van der Waals surface area contributed by atoms with Gasteiger partial charge >= 0.3 is 0 Å². The summed E-state index contributed by atoms with van der Waals surface area (Å²) in [5, 5.41) is 2.10. The molecule has 2 aromatic carbocycles. The average Bonchev–Trinajstić information content (AvgIpc) is 2.99. The van der Waals surface area contributed by atoms with E-state index < -0.39 is 47.4 Å². The van der Waals surface area contributed by atoms with Gasteiger partial charge in [-0.15, -0.1) is 0 Å². The molecule has 3 atom stereocenters. The fourth-order valence-electron chi connectivity index (χ4n) is 4.45. The van der Waals surface area contributed by atoms with Gasteiger partial charge in [-0.05, 0) is 55.0 Å². The summed E-state index contributed by atoms with van der Waals surface area (Å²) >= 11 is 0. The third-order valence-electron chi connectivity index (χ3n) is 5.88. The number of sulfone groups is 2. The lowest BCUT2D eigenvalue weighted by atomic mass is 9.87. The van der Waals surface area contributed by atoms with Crippen LogP contribution in [0.25, 0.3) is 0 Å². The highest BCUT2D eigenvalue weighted by Gasteiger charge is 2.47. The quantitative estimate of drug-likeness (QED) is 0.796. The molecule has 1 saturated heterocycles. The number of hydrogen-bond donors (Lipinski definition) is 1. The second-order valence-electron chi connectivity index (χ2n) is 8.01. The van der Waals surface area contributed by atoms with Crippen molar-refractivity contribution in [3.8, 4) is 0 Å². The van der Waals surface area contributed by atoms with Crippen molar-refractivity contribution in [1.82, 2.24) is 5.32 Å². The van der Waals surface area contributed by atoms with E-state index in [1.165, 1.54) is 17.7 Å². The minimum atomic E-state index is -4.16. The third-order valence-corrected chi connectivity index (χ3v) is 10.0. The molecular formula is C21H24FNO4S2. The first-order valence-corrected chi connectivity index (χ1v) is 13.1. The smallest absolute Gasteiger partial charge is 0.186 e. The Labute approximate surface area is 171 Å². The molecule has 5 nitrogen and oxygen atoms in total. The first-order chi connectivity index (χ1) is 13.7. The number of fused-ring (bicyclic) bond motifs is 1. The van der Waals surface area contributed by atoms with Gasteiger partial charge in [0.15, 0.2) is 19.7 Å². The molecule has 1 aliphatic carbocycles. The summed E-state index contributed by atoms with van der Waals surface area (Å²) in [6, 6.07) is 10.9. The zero-order valence-corrected chi connectivity index (χ0v) is 17.8. The average molecular weight is 438 g/mol. The molecule has 0 amide bonds. The van der Waals surface area contributed by atoms with E-state index in [9.17, 15) is 21.2 Å². The van der Waals surface area contributed by atoms with Crippen LogP contribution in [0.3, 0.4) is 0 Å². The second-order valence-corrected chi connectivity index (χ2v) is 12.3. The highest BCUT2D eigenvalue weighted by atomic mass is 32.2. The van der Waals surface area contributed by atoms with E-state index in [2.05, 4.69) is 5.32 Å². The van der Waals surface area contributed by atoms with Gasteiger partial charge < -0.3 is 5.32 Å². The van der Waals surface area contributed by atoms with Crippen LogP contribution in [-0.2, 0) is 26.1 Å². The SMILES string of the molecule is Cc1ccc(F)c(S(=O)(=O)[C@H]2CS(=O)(=O)C[C@@H]2NC2CCCc3ccccc32)c1. The van der Waals surface area contributed by atoms with Crippen molar-refractivity contribution in [2.24, 2.45) is 0 Å². The van der Waals surface area contributed by atoms with E-state index in [1.807, 2.05) is 24.3 Å². The zero-order valence-electron chi connectivity index (χ0n) is 16.1. The molecule has 1 heterocycles. The Balaban J connectivity index is 1.69. The first-order valence-electron chi connectivity index (χ1n) is 9.72. The maximum Gasteiger partial charge on any atom is 0.186 e. The molecule has 156 valence electrons. The lowest BCUT2D eigenvalue weighted by Crippen LogP contribution is -2.45. The van der Waals surface area contributed by atoms with Crippen LogP contribution in [0, 0.1) is 12.7 Å². The number of aryl methyl sites for hydroxylation is 2. The number of rotatable bonds is 4. The number of hydrogen-bond acceptors (Lipinski definition) is 5. The number of benzene rings is 2. The predicted molar refractivity (Wildman–Crippen MR) is 110 cm³/mol. The van der Waals surface area contributed by atoms with E-state index in [0.29, 0.717) is 5.56 Å². The van der Waals surface area contributed by atoms with Crippen LogP contribution in [0.1, 0.15) is 35.6 Å². The molecule has 2 aliphatic rings. The Kier molecular flexibility index (Phi) is 5.29. The van der Waals surface area contributed by atoms with Gasteiger partial charge in [0.05, 0.1) is 16.8 Å². The van der Waals surface area contributed by atoms with Crippen LogP contribution in [0.15, 0.2) is 47.4 Å². The molecule has 1 aliphatic heterocycles. The minimum absolute atomic E-state index is 0.113. The van der Waals surface area contributed by atoms with Crippen LogP contribution in [-0.4, -0.2) is 39.6 Å². The van der Waals surface area contributed by atoms with Crippen LogP contribution >= 0.6 is 0 Å². The topological polar surface area (TPSA) is 80.3 Å². The molecule has 0 saturated carbocycles. The van der Waals surface area contributed by atoms with Gasteiger partial charge in [-0.1, -0.05) is 30.3 Å². The van der Waals surface area contributed by atoms with Crippen LogP contribution in [0.2, 0.25) is 0 Å². The molecule has 2 aromatic rings. The van der Waals surface area contributed by atoms with Crippen molar-refractivity contribution in [2.45, 2.75) is 48.4 Å². The Morgan fingerprint density at radius 3 is 2.66 bits per heavy atom. The maximum absolute atomic E-state index is 14.3. The Bertz CT molecular complexity index is 1150. The van der Waals surface area contributed by atoms with Crippen LogP contribution in [0.5, 0.6) is 0 Å². The lowest BCUT2D eigenvalue weighted by molar-refractivity contribution is 0.409. The van der Waals surface area contributed by atoms with E-state index in [1.54, 1.807) is 6.92 Å². The molecule has 0 aromatic heterocycles. The van der Waals surface area contributed by atoms with Gasteiger partial charge in [-0.3, -0.25) is 0 Å². The summed E-state index contributed by atoms with van der Waals surface area (Å²) in [5.41, 5.74) is 2.89. The monoisotopic (exact) mass is 437 g/mol. The molecule has 8 heteroatoms. The highest BCUT2D eigenvalue weighted by molar-refractivity contribution is 7.96. The fourth-order valence-corrected chi connectivity index (χ4v) is 9.28. The van der Waals surface area contributed by atoms with Crippen molar-refractivity contribution in [3.63, 3.8) is 0 Å². The second kappa shape index (κ2) is 7.49. The van der Waals surface area contributed by atoms with Gasteiger partial charge in [0.25, 0.3) is 0 Å². The maximum atomic E-state index is 14.3. The van der Waals surface area contributed by atoms with Gasteiger partial charge in [0.1, 0.15) is 10.7 Å². The van der Waals surface area contributed by atoms with Gasteiger partial charge in [-0.2, -0.15) is 0 Å². The van der Waals surface area contributed by atoms with E-state index in [4.69, 9.17) is 0 Å². The van der Waals surface area contributed by atoms with Crippen LogP contribution in [0.4, 0.5) is 4.39 Å². The molecule has 0 spiro atoms. The van der Waals surface area contributed by atoms with Crippen molar-refractivity contribution in [2.75, 3.05) is 11.5 Å². The molecular weight excluding hydrogens is 413 g/mol. The third kappa shape index (κ3) is 3.98. The molecule has 29 heavy (non-hydrogen) atoms. The predicted octanol–water partition coefficient (Wildman–Crippen LogP) is 2.74. The molecule has 1 unspecified atom stereocenters. The summed E-state index contributed by atoms with van der Waals surface area (Å²) in [6.07, 6.45) is 2.70. The fraction of sp³-hybridized carbons (Fsp3) is 0.429. The largest absolute Gasteiger partial charge is 0.305 e. The summed E-state index contributed by atoms with van der Waals surface area (Å²) in [6.45, 7) is 1.68. The van der Waals surface area contributed by atoms with Gasteiger partial charge in [0.2, 0.25) is 0 Å². The molecule has 1 fully saturated rings. The molecule has 0 radical (unpaired) electrons. The highest BCUT2D eigenvalue weighted by Crippen LogP contribution is 2.33. The van der Waals surface area contributed by atoms with Crippen molar-refractivity contribution in [3.05, 3.63) is 65.0 Å². The number of halogens is 1.